The first kappa shape index (κ1) is 20.7. The molecule has 1 amide bonds. The van der Waals surface area contributed by atoms with E-state index < -0.39 is 0 Å². The van der Waals surface area contributed by atoms with E-state index in [1.165, 1.54) is 18.4 Å². The van der Waals surface area contributed by atoms with Crippen molar-refractivity contribution in [2.24, 2.45) is 11.8 Å². The first-order valence-corrected chi connectivity index (χ1v) is 11.4. The lowest BCUT2D eigenvalue weighted by Gasteiger charge is -2.42. The minimum Gasteiger partial charge on any atom is -0.356 e. The average molecular weight is 401 g/mol. The van der Waals surface area contributed by atoms with Crippen LogP contribution in [0.15, 0.2) is 24.5 Å². The molecule has 3 aliphatic heterocycles. The number of hydrogen-bond donors (Lipinski definition) is 3. The van der Waals surface area contributed by atoms with Crippen molar-refractivity contribution in [2.45, 2.75) is 44.7 Å². The van der Waals surface area contributed by atoms with Crippen LogP contribution in [0.25, 0.3) is 0 Å². The number of hydrazine groups is 1. The van der Waals surface area contributed by atoms with Gasteiger partial charge in [0.15, 0.2) is 0 Å². The number of aromatic nitrogens is 1. The van der Waals surface area contributed by atoms with Crippen molar-refractivity contribution in [3.63, 3.8) is 0 Å². The molecule has 3 N–H and O–H groups in total. The molecular weight excluding hydrogens is 364 g/mol. The fraction of sp³-hybridized carbons (Fsp3) is 0.727. The Morgan fingerprint density at radius 1 is 1.17 bits per heavy atom. The summed E-state index contributed by atoms with van der Waals surface area (Å²) in [6.45, 7) is 8.17. The van der Waals surface area contributed by atoms with Crippen LogP contribution in [0, 0.1) is 11.8 Å². The van der Waals surface area contributed by atoms with Crippen molar-refractivity contribution in [1.29, 1.82) is 0 Å². The summed E-state index contributed by atoms with van der Waals surface area (Å²) in [5, 5.41) is 3.20. The largest absolute Gasteiger partial charge is 0.356 e. The molecule has 4 rings (SSSR count). The monoisotopic (exact) mass is 400 g/mol. The summed E-state index contributed by atoms with van der Waals surface area (Å²) in [6.07, 6.45) is 9.45. The van der Waals surface area contributed by atoms with Gasteiger partial charge in [0.1, 0.15) is 0 Å². The van der Waals surface area contributed by atoms with E-state index in [-0.39, 0.29) is 11.8 Å². The molecule has 0 saturated carbocycles. The summed E-state index contributed by atoms with van der Waals surface area (Å²) in [7, 11) is 0. The second-order valence-electron chi connectivity index (χ2n) is 8.91. The minimum absolute atomic E-state index is 0.164. The van der Waals surface area contributed by atoms with Crippen molar-refractivity contribution in [3.05, 3.63) is 30.1 Å². The molecule has 1 aromatic rings. The SMILES string of the molecule is O=C(NCCC1CNNC1)C1CCCN(C2CCN(Cc3cccnc3)CC2)C1. The van der Waals surface area contributed by atoms with Crippen LogP contribution in [0.2, 0.25) is 0 Å². The van der Waals surface area contributed by atoms with E-state index in [4.69, 9.17) is 0 Å². The number of piperidine rings is 2. The van der Waals surface area contributed by atoms with Gasteiger partial charge in [-0.15, -0.1) is 0 Å². The summed E-state index contributed by atoms with van der Waals surface area (Å²) in [6, 6.07) is 4.81. The van der Waals surface area contributed by atoms with Crippen LogP contribution < -0.4 is 16.2 Å². The van der Waals surface area contributed by atoms with Gasteiger partial charge in [0.25, 0.3) is 0 Å². The van der Waals surface area contributed by atoms with Crippen LogP contribution in [-0.2, 0) is 11.3 Å². The molecule has 4 heterocycles. The zero-order valence-electron chi connectivity index (χ0n) is 17.5. The zero-order valence-corrected chi connectivity index (χ0v) is 17.5. The van der Waals surface area contributed by atoms with Gasteiger partial charge >= 0.3 is 0 Å². The topological polar surface area (TPSA) is 72.5 Å². The van der Waals surface area contributed by atoms with Crippen molar-refractivity contribution in [2.75, 3.05) is 45.8 Å². The molecule has 0 spiro atoms. The first-order chi connectivity index (χ1) is 14.3. The second kappa shape index (κ2) is 10.5. The molecule has 29 heavy (non-hydrogen) atoms. The third-order valence-electron chi connectivity index (χ3n) is 6.78. The average Bonchev–Trinajstić information content (AvgIpc) is 3.29. The highest BCUT2D eigenvalue weighted by atomic mass is 16.1. The van der Waals surface area contributed by atoms with Crippen molar-refractivity contribution in [1.82, 2.24) is 31.0 Å². The Labute approximate surface area is 174 Å². The van der Waals surface area contributed by atoms with Crippen molar-refractivity contribution in [3.8, 4) is 0 Å². The fourth-order valence-electron chi connectivity index (χ4n) is 5.00. The predicted octanol–water partition coefficient (Wildman–Crippen LogP) is 0.988. The molecule has 7 nitrogen and oxygen atoms in total. The number of hydrogen-bond acceptors (Lipinski definition) is 6. The lowest BCUT2D eigenvalue weighted by Crippen LogP contribution is -2.50. The van der Waals surface area contributed by atoms with Gasteiger partial charge in [0.05, 0.1) is 5.92 Å². The molecule has 160 valence electrons. The number of carbonyl (C=O) groups excluding carboxylic acids is 1. The molecule has 1 aromatic heterocycles. The van der Waals surface area contributed by atoms with Gasteiger partial charge in [-0.25, -0.2) is 0 Å². The zero-order chi connectivity index (χ0) is 19.9. The van der Waals surface area contributed by atoms with Crippen LogP contribution in [0.4, 0.5) is 0 Å². The van der Waals surface area contributed by atoms with Gasteiger partial charge in [-0.1, -0.05) is 6.07 Å². The molecule has 1 unspecified atom stereocenters. The highest BCUT2D eigenvalue weighted by Gasteiger charge is 2.31. The lowest BCUT2D eigenvalue weighted by atomic mass is 9.93. The van der Waals surface area contributed by atoms with Crippen molar-refractivity contribution < 1.29 is 4.79 Å². The second-order valence-corrected chi connectivity index (χ2v) is 8.91. The molecule has 1 atom stereocenters. The first-order valence-electron chi connectivity index (χ1n) is 11.4. The maximum absolute atomic E-state index is 12.7. The predicted molar refractivity (Wildman–Crippen MR) is 114 cm³/mol. The van der Waals surface area contributed by atoms with E-state index >= 15 is 0 Å². The molecule has 0 aliphatic carbocycles. The maximum atomic E-state index is 12.7. The van der Waals surface area contributed by atoms with E-state index in [9.17, 15) is 4.79 Å². The maximum Gasteiger partial charge on any atom is 0.224 e. The van der Waals surface area contributed by atoms with Crippen LogP contribution >= 0.6 is 0 Å². The summed E-state index contributed by atoms with van der Waals surface area (Å²) >= 11 is 0. The molecule has 0 bridgehead atoms. The van der Waals surface area contributed by atoms with E-state index in [0.29, 0.717) is 12.0 Å². The van der Waals surface area contributed by atoms with Gasteiger partial charge in [-0.05, 0) is 69.3 Å². The van der Waals surface area contributed by atoms with Crippen LogP contribution in [0.1, 0.15) is 37.7 Å². The van der Waals surface area contributed by atoms with E-state index in [2.05, 4.69) is 37.0 Å². The number of likely N-dealkylation sites (tertiary alicyclic amines) is 2. The number of nitrogens with one attached hydrogen (secondary N) is 3. The van der Waals surface area contributed by atoms with Gasteiger partial charge in [-0.3, -0.25) is 30.4 Å². The Kier molecular flexibility index (Phi) is 7.49. The Morgan fingerprint density at radius 2 is 2.00 bits per heavy atom. The molecule has 7 heteroatoms. The number of carbonyl (C=O) groups is 1. The third-order valence-corrected chi connectivity index (χ3v) is 6.78. The van der Waals surface area contributed by atoms with Crippen LogP contribution in [0.5, 0.6) is 0 Å². The summed E-state index contributed by atoms with van der Waals surface area (Å²) in [5.41, 5.74) is 7.61. The number of rotatable bonds is 7. The highest BCUT2D eigenvalue weighted by Crippen LogP contribution is 2.24. The number of pyridine rings is 1. The molecular formula is C22H36N6O. The Morgan fingerprint density at radius 3 is 2.76 bits per heavy atom. The molecule has 0 aromatic carbocycles. The smallest absolute Gasteiger partial charge is 0.224 e. The fourth-order valence-corrected chi connectivity index (χ4v) is 5.00. The summed E-state index contributed by atoms with van der Waals surface area (Å²) < 4.78 is 0. The Bertz CT molecular complexity index is 627. The number of amides is 1. The number of nitrogens with zero attached hydrogens (tertiary/aromatic N) is 3. The molecule has 3 fully saturated rings. The Balaban J connectivity index is 1.18. The summed E-state index contributed by atoms with van der Waals surface area (Å²) in [4.78, 5) is 22.0. The normalized spacial score (nSPS) is 25.3. The minimum atomic E-state index is 0.164. The standard InChI is InChI=1S/C22H36N6O/c29-22(24-9-5-18-14-25-26-15-18)20-4-2-10-28(17-20)21-6-11-27(12-7-21)16-19-3-1-8-23-13-19/h1,3,8,13,18,20-21,25-26H,2,4-7,9-12,14-17H2,(H,24,29). The van der Waals surface area contributed by atoms with Gasteiger partial charge in [0, 0.05) is 51.2 Å². The van der Waals surface area contributed by atoms with Gasteiger partial charge in [0.2, 0.25) is 5.91 Å². The van der Waals surface area contributed by atoms with Crippen molar-refractivity contribution >= 4 is 5.91 Å². The highest BCUT2D eigenvalue weighted by molar-refractivity contribution is 5.78. The van der Waals surface area contributed by atoms with Crippen LogP contribution in [-0.4, -0.2) is 72.5 Å². The van der Waals surface area contributed by atoms with Gasteiger partial charge < -0.3 is 5.32 Å². The Hall–Kier alpha value is -1.54. The molecule has 3 aliphatic rings. The molecule has 0 radical (unpaired) electrons. The van der Waals surface area contributed by atoms with E-state index in [1.807, 2.05) is 18.5 Å². The van der Waals surface area contributed by atoms with Crippen LogP contribution in [0.3, 0.4) is 0 Å². The lowest BCUT2D eigenvalue weighted by molar-refractivity contribution is -0.127. The quantitative estimate of drug-likeness (QED) is 0.634. The van der Waals surface area contributed by atoms with Gasteiger partial charge in [-0.2, -0.15) is 0 Å². The molecule has 3 saturated heterocycles. The van der Waals surface area contributed by atoms with E-state index in [1.54, 1.807) is 0 Å². The summed E-state index contributed by atoms with van der Waals surface area (Å²) in [5.74, 6) is 1.06. The third kappa shape index (κ3) is 5.98. The van der Waals surface area contributed by atoms with E-state index in [0.717, 1.165) is 71.6 Å².